The van der Waals surface area contributed by atoms with Gasteiger partial charge in [0.05, 0.1) is 29.4 Å². The number of fused-ring (bicyclic) bond motifs is 4. The van der Waals surface area contributed by atoms with Crippen molar-refractivity contribution < 1.29 is 14.3 Å². The number of para-hydroxylation sites is 3. The molecule has 1 atom stereocenters. The summed E-state index contributed by atoms with van der Waals surface area (Å²) in [6.07, 6.45) is 1.90. The van der Waals surface area contributed by atoms with Crippen LogP contribution in [0.3, 0.4) is 0 Å². The van der Waals surface area contributed by atoms with Crippen molar-refractivity contribution in [2.24, 2.45) is 7.05 Å². The van der Waals surface area contributed by atoms with Gasteiger partial charge in [0.15, 0.2) is 5.65 Å². The lowest BCUT2D eigenvalue weighted by atomic mass is 10.2. The number of nitrogens with zero attached hydrogens (tertiary/aromatic N) is 5. The molecule has 34 heavy (non-hydrogen) atoms. The Labute approximate surface area is 195 Å². The zero-order valence-corrected chi connectivity index (χ0v) is 19.1. The molecule has 0 aliphatic carbocycles. The fourth-order valence-electron chi connectivity index (χ4n) is 4.28. The maximum Gasteiger partial charge on any atom is 0.343 e. The Bertz CT molecular complexity index is 1550. The second kappa shape index (κ2) is 8.58. The van der Waals surface area contributed by atoms with Gasteiger partial charge in [0.1, 0.15) is 22.9 Å². The third-order valence-corrected chi connectivity index (χ3v) is 5.88. The Kier molecular flexibility index (Phi) is 5.45. The first kappa shape index (κ1) is 21.6. The minimum atomic E-state index is -0.595. The van der Waals surface area contributed by atoms with Crippen molar-refractivity contribution >= 4 is 50.8 Å². The van der Waals surface area contributed by atoms with Gasteiger partial charge in [-0.25, -0.2) is 14.8 Å². The lowest BCUT2D eigenvalue weighted by molar-refractivity contribution is -0.119. The van der Waals surface area contributed by atoms with Gasteiger partial charge in [0, 0.05) is 12.4 Å². The molecule has 0 aliphatic rings. The van der Waals surface area contributed by atoms with E-state index in [-0.39, 0.29) is 18.1 Å². The van der Waals surface area contributed by atoms with E-state index in [0.717, 1.165) is 27.5 Å². The summed E-state index contributed by atoms with van der Waals surface area (Å²) in [6.45, 7) is 3.90. The maximum atomic E-state index is 13.6. The summed E-state index contributed by atoms with van der Waals surface area (Å²) in [5.41, 5.74) is 4.01. The Morgan fingerprint density at radius 2 is 1.74 bits per heavy atom. The number of rotatable bonds is 6. The van der Waals surface area contributed by atoms with E-state index in [1.807, 2.05) is 60.0 Å². The number of hydrogen-bond acceptors (Lipinski definition) is 6. The van der Waals surface area contributed by atoms with Crippen molar-refractivity contribution in [1.82, 2.24) is 24.3 Å². The summed E-state index contributed by atoms with van der Waals surface area (Å²) in [6, 6.07) is 14.9. The van der Waals surface area contributed by atoms with E-state index in [1.165, 1.54) is 10.9 Å². The van der Waals surface area contributed by atoms with Crippen LogP contribution in [0.1, 0.15) is 36.7 Å². The topological polar surface area (TPSA) is 104 Å². The van der Waals surface area contributed by atoms with Gasteiger partial charge in [-0.15, -0.1) is 0 Å². The van der Waals surface area contributed by atoms with Crippen LogP contribution in [0, 0.1) is 0 Å². The van der Waals surface area contributed by atoms with Gasteiger partial charge in [-0.3, -0.25) is 9.48 Å². The number of ether oxygens (including phenoxy) is 1. The fraction of sp³-hybridized carbons (Fsp3) is 0.240. The number of carbonyl (C=O) groups excluding carboxylic acids is 2. The lowest BCUT2D eigenvalue weighted by Crippen LogP contribution is -2.27. The standard InChI is InChI=1S/C25H24N6O3/c1-4-19(24(32)29-22-16(14-26-30(22)3)25(33)34-5-2)31-20-13-9-6-10-15(20)21-23(31)28-18-12-8-7-11-17(18)27-21/h6-14,19H,4-5H2,1-3H3,(H,29,32). The highest BCUT2D eigenvalue weighted by molar-refractivity contribution is 6.08. The molecular weight excluding hydrogens is 432 g/mol. The molecular formula is C25H24N6O3. The van der Waals surface area contributed by atoms with Gasteiger partial charge in [-0.2, -0.15) is 5.10 Å². The van der Waals surface area contributed by atoms with Crippen LogP contribution in [0.15, 0.2) is 54.7 Å². The highest BCUT2D eigenvalue weighted by Crippen LogP contribution is 2.32. The Balaban J connectivity index is 1.64. The monoisotopic (exact) mass is 456 g/mol. The van der Waals surface area contributed by atoms with E-state index in [2.05, 4.69) is 10.4 Å². The molecule has 1 amide bonds. The molecule has 0 spiro atoms. The van der Waals surface area contributed by atoms with Gasteiger partial charge >= 0.3 is 5.97 Å². The third-order valence-electron chi connectivity index (χ3n) is 5.88. The largest absolute Gasteiger partial charge is 0.462 e. The zero-order valence-electron chi connectivity index (χ0n) is 19.1. The number of anilines is 1. The Morgan fingerprint density at radius 3 is 2.47 bits per heavy atom. The average Bonchev–Trinajstić information content (AvgIpc) is 3.36. The van der Waals surface area contributed by atoms with Crippen LogP contribution in [0.2, 0.25) is 0 Å². The summed E-state index contributed by atoms with van der Waals surface area (Å²) in [5.74, 6) is -0.526. The number of esters is 1. The van der Waals surface area contributed by atoms with Crippen LogP contribution >= 0.6 is 0 Å². The highest BCUT2D eigenvalue weighted by Gasteiger charge is 2.27. The molecule has 0 aliphatic heterocycles. The third kappa shape index (κ3) is 3.45. The van der Waals surface area contributed by atoms with Gasteiger partial charge < -0.3 is 14.6 Å². The first-order valence-electron chi connectivity index (χ1n) is 11.2. The maximum absolute atomic E-state index is 13.6. The molecule has 3 heterocycles. The smallest absolute Gasteiger partial charge is 0.343 e. The summed E-state index contributed by atoms with van der Waals surface area (Å²) in [7, 11) is 1.66. The van der Waals surface area contributed by atoms with Crippen LogP contribution in [-0.2, 0) is 16.6 Å². The molecule has 5 rings (SSSR count). The van der Waals surface area contributed by atoms with Crippen molar-refractivity contribution in [2.45, 2.75) is 26.3 Å². The van der Waals surface area contributed by atoms with E-state index in [9.17, 15) is 9.59 Å². The predicted octanol–water partition coefficient (Wildman–Crippen LogP) is 4.24. The minimum Gasteiger partial charge on any atom is -0.462 e. The van der Waals surface area contributed by atoms with Gasteiger partial charge in [-0.05, 0) is 31.5 Å². The van der Waals surface area contributed by atoms with Crippen LogP contribution in [0.5, 0.6) is 0 Å². The second-order valence-electron chi connectivity index (χ2n) is 7.94. The molecule has 1 N–H and O–H groups in total. The molecule has 9 heteroatoms. The number of aromatic nitrogens is 5. The SMILES string of the molecule is CCOC(=O)c1cnn(C)c1NC(=O)C(CC)n1c2ccccc2c2nc3ccccc3nc21. The summed E-state index contributed by atoms with van der Waals surface area (Å²) >= 11 is 0. The molecule has 0 bridgehead atoms. The Hall–Kier alpha value is -4.27. The van der Waals surface area contributed by atoms with Crippen molar-refractivity contribution in [3.63, 3.8) is 0 Å². The fourth-order valence-corrected chi connectivity index (χ4v) is 4.28. The second-order valence-corrected chi connectivity index (χ2v) is 7.94. The quantitative estimate of drug-likeness (QED) is 0.383. The molecule has 172 valence electrons. The van der Waals surface area contributed by atoms with Gasteiger partial charge in [0.25, 0.3) is 0 Å². The normalized spacial score (nSPS) is 12.3. The number of benzene rings is 2. The number of aryl methyl sites for hydroxylation is 1. The Morgan fingerprint density at radius 1 is 1.03 bits per heavy atom. The summed E-state index contributed by atoms with van der Waals surface area (Å²) < 4.78 is 8.50. The average molecular weight is 457 g/mol. The number of carbonyl (C=O) groups is 2. The highest BCUT2D eigenvalue weighted by atomic mass is 16.5. The van der Waals surface area contributed by atoms with Crippen LogP contribution in [0.4, 0.5) is 5.82 Å². The van der Waals surface area contributed by atoms with Crippen LogP contribution in [-0.4, -0.2) is 42.8 Å². The lowest BCUT2D eigenvalue weighted by Gasteiger charge is -2.19. The van der Waals surface area contributed by atoms with E-state index in [4.69, 9.17) is 14.7 Å². The first-order chi connectivity index (χ1) is 16.5. The van der Waals surface area contributed by atoms with Crippen molar-refractivity contribution in [3.05, 3.63) is 60.3 Å². The summed E-state index contributed by atoms with van der Waals surface area (Å²) in [5, 5.41) is 7.95. The summed E-state index contributed by atoms with van der Waals surface area (Å²) in [4.78, 5) is 35.7. The molecule has 1 unspecified atom stereocenters. The van der Waals surface area contributed by atoms with E-state index >= 15 is 0 Å². The van der Waals surface area contributed by atoms with Gasteiger partial charge in [-0.1, -0.05) is 37.3 Å². The van der Waals surface area contributed by atoms with Crippen molar-refractivity contribution in [2.75, 3.05) is 11.9 Å². The molecule has 5 aromatic rings. The first-order valence-corrected chi connectivity index (χ1v) is 11.2. The van der Waals surface area contributed by atoms with Crippen LogP contribution < -0.4 is 5.32 Å². The molecule has 0 fully saturated rings. The number of nitrogens with one attached hydrogen (secondary N) is 1. The number of amides is 1. The molecule has 0 saturated heterocycles. The molecule has 0 radical (unpaired) electrons. The van der Waals surface area contributed by atoms with E-state index in [1.54, 1.807) is 14.0 Å². The van der Waals surface area contributed by atoms with E-state index in [0.29, 0.717) is 17.9 Å². The van der Waals surface area contributed by atoms with E-state index < -0.39 is 12.0 Å². The van der Waals surface area contributed by atoms with Crippen molar-refractivity contribution in [3.8, 4) is 0 Å². The van der Waals surface area contributed by atoms with Gasteiger partial charge in [0.2, 0.25) is 5.91 Å². The molecule has 0 saturated carbocycles. The molecule has 9 nitrogen and oxygen atoms in total. The zero-order chi connectivity index (χ0) is 23.8. The number of hydrogen-bond donors (Lipinski definition) is 1. The van der Waals surface area contributed by atoms with Crippen molar-refractivity contribution in [1.29, 1.82) is 0 Å². The molecule has 2 aromatic carbocycles. The minimum absolute atomic E-state index is 0.209. The predicted molar refractivity (Wildman–Crippen MR) is 130 cm³/mol. The molecule has 3 aromatic heterocycles. The van der Waals surface area contributed by atoms with Crippen LogP contribution in [0.25, 0.3) is 33.1 Å².